The molecule has 0 radical (unpaired) electrons. The predicted molar refractivity (Wildman–Crippen MR) is 113 cm³/mol. The molecule has 0 bridgehead atoms. The predicted octanol–water partition coefficient (Wildman–Crippen LogP) is 0.483. The number of aliphatic carboxylic acids is 1. The molecule has 9 nitrogen and oxygen atoms in total. The molecule has 1 rings (SSSR count). The Kier molecular flexibility index (Phi) is 10.3. The first kappa shape index (κ1) is 24.8. The van der Waals surface area contributed by atoms with Gasteiger partial charge in [-0.25, -0.2) is 0 Å². The first-order valence-electron chi connectivity index (χ1n) is 9.69. The lowest BCUT2D eigenvalue weighted by Crippen LogP contribution is -2.52. The van der Waals surface area contributed by atoms with Gasteiger partial charge in [0.15, 0.2) is 0 Å². The molecule has 2 atom stereocenters. The van der Waals surface area contributed by atoms with Crippen LogP contribution in [0.5, 0.6) is 0 Å². The molecule has 1 aromatic carbocycles. The van der Waals surface area contributed by atoms with Gasteiger partial charge in [-0.05, 0) is 37.9 Å². The number of hydrogen-bond donors (Lipinski definition) is 5. The van der Waals surface area contributed by atoms with Gasteiger partial charge in [-0.15, -0.1) is 0 Å². The van der Waals surface area contributed by atoms with E-state index < -0.39 is 36.4 Å². The van der Waals surface area contributed by atoms with Gasteiger partial charge in [-0.2, -0.15) is 0 Å². The summed E-state index contributed by atoms with van der Waals surface area (Å²) in [6, 6.07) is 7.45. The minimum atomic E-state index is -1.21. The van der Waals surface area contributed by atoms with Crippen LogP contribution in [0.3, 0.4) is 0 Å². The second-order valence-electron chi connectivity index (χ2n) is 7.24. The highest BCUT2D eigenvalue weighted by atomic mass is 16.4. The standard InChI is InChI=1S/C21H30N4O5/c1-13(2)10-16(24-19(28)14(3)22-4)21(30)25-17(20(29)23-12-18(26)27)11-15-8-6-5-7-9-15/h5-9,11,13-14,16,22H,10,12H2,1-4H3,(H,23,29)(H,24,28)(H,25,30)(H,26,27)/b17-11+. The highest BCUT2D eigenvalue weighted by Crippen LogP contribution is 2.09. The number of nitrogens with one attached hydrogen (secondary N) is 4. The fourth-order valence-corrected chi connectivity index (χ4v) is 2.48. The van der Waals surface area contributed by atoms with Crippen molar-refractivity contribution in [2.45, 2.75) is 39.3 Å². The summed E-state index contributed by atoms with van der Waals surface area (Å²) < 4.78 is 0. The van der Waals surface area contributed by atoms with E-state index in [-0.39, 0.29) is 17.5 Å². The summed E-state index contributed by atoms with van der Waals surface area (Å²) in [4.78, 5) is 48.4. The van der Waals surface area contributed by atoms with E-state index in [9.17, 15) is 19.2 Å². The molecule has 0 fully saturated rings. The van der Waals surface area contributed by atoms with Crippen LogP contribution in [0.4, 0.5) is 0 Å². The Labute approximate surface area is 176 Å². The van der Waals surface area contributed by atoms with Crippen LogP contribution >= 0.6 is 0 Å². The minimum absolute atomic E-state index is 0.105. The van der Waals surface area contributed by atoms with E-state index in [2.05, 4.69) is 21.3 Å². The lowest BCUT2D eigenvalue weighted by molar-refractivity contribution is -0.137. The van der Waals surface area contributed by atoms with Crippen molar-refractivity contribution in [3.8, 4) is 0 Å². The maximum atomic E-state index is 12.9. The molecular weight excluding hydrogens is 388 g/mol. The van der Waals surface area contributed by atoms with Crippen LogP contribution in [-0.2, 0) is 19.2 Å². The average Bonchev–Trinajstić information content (AvgIpc) is 2.70. The van der Waals surface area contributed by atoms with E-state index in [0.717, 1.165) is 0 Å². The molecule has 5 N–H and O–H groups in total. The fraction of sp³-hybridized carbons (Fsp3) is 0.429. The van der Waals surface area contributed by atoms with Gasteiger partial charge in [0.05, 0.1) is 6.04 Å². The average molecular weight is 418 g/mol. The first-order chi connectivity index (χ1) is 14.1. The minimum Gasteiger partial charge on any atom is -0.480 e. The Morgan fingerprint density at radius 2 is 1.67 bits per heavy atom. The van der Waals surface area contributed by atoms with Crippen molar-refractivity contribution >= 4 is 29.8 Å². The zero-order valence-electron chi connectivity index (χ0n) is 17.7. The number of benzene rings is 1. The van der Waals surface area contributed by atoms with Gasteiger partial charge in [0.1, 0.15) is 18.3 Å². The second-order valence-corrected chi connectivity index (χ2v) is 7.24. The van der Waals surface area contributed by atoms with Crippen molar-refractivity contribution in [1.82, 2.24) is 21.3 Å². The van der Waals surface area contributed by atoms with Crippen LogP contribution in [0.1, 0.15) is 32.8 Å². The number of amides is 3. The van der Waals surface area contributed by atoms with E-state index >= 15 is 0 Å². The smallest absolute Gasteiger partial charge is 0.322 e. The normalized spacial score (nSPS) is 13.3. The van der Waals surface area contributed by atoms with Crippen LogP contribution < -0.4 is 21.3 Å². The molecule has 0 aliphatic carbocycles. The molecule has 0 spiro atoms. The van der Waals surface area contributed by atoms with Crippen LogP contribution in [0.15, 0.2) is 36.0 Å². The molecule has 164 valence electrons. The van der Waals surface area contributed by atoms with Crippen LogP contribution in [0.25, 0.3) is 6.08 Å². The van der Waals surface area contributed by atoms with Crippen molar-refractivity contribution in [2.24, 2.45) is 5.92 Å². The third kappa shape index (κ3) is 8.87. The largest absolute Gasteiger partial charge is 0.480 e. The Morgan fingerprint density at radius 3 is 2.20 bits per heavy atom. The highest BCUT2D eigenvalue weighted by Gasteiger charge is 2.26. The highest BCUT2D eigenvalue weighted by molar-refractivity contribution is 6.03. The summed E-state index contributed by atoms with van der Waals surface area (Å²) in [5.74, 6) is -2.75. The zero-order chi connectivity index (χ0) is 22.7. The maximum absolute atomic E-state index is 12.9. The molecule has 2 unspecified atom stereocenters. The van der Waals surface area contributed by atoms with E-state index in [4.69, 9.17) is 5.11 Å². The fourth-order valence-electron chi connectivity index (χ4n) is 2.48. The van der Waals surface area contributed by atoms with Gasteiger partial charge in [0, 0.05) is 0 Å². The summed E-state index contributed by atoms with van der Waals surface area (Å²) in [5, 5.41) is 19.1. The zero-order valence-corrected chi connectivity index (χ0v) is 17.7. The Balaban J connectivity index is 3.08. The number of carbonyl (C=O) groups is 4. The van der Waals surface area contributed by atoms with E-state index in [1.165, 1.54) is 6.08 Å². The number of hydrogen-bond acceptors (Lipinski definition) is 5. The summed E-state index contributed by atoms with van der Waals surface area (Å²) in [7, 11) is 1.63. The van der Waals surface area contributed by atoms with Crippen LogP contribution in [-0.4, -0.2) is 54.5 Å². The summed E-state index contributed by atoms with van der Waals surface area (Å²) in [6.07, 6.45) is 1.81. The molecule has 0 aliphatic heterocycles. The van der Waals surface area contributed by atoms with Gasteiger partial charge in [0.25, 0.3) is 5.91 Å². The molecule has 0 heterocycles. The third-order valence-electron chi connectivity index (χ3n) is 4.18. The number of carboxylic acid groups (broad SMARTS) is 1. The van der Waals surface area contributed by atoms with E-state index in [1.807, 2.05) is 13.8 Å². The maximum Gasteiger partial charge on any atom is 0.322 e. The van der Waals surface area contributed by atoms with Crippen molar-refractivity contribution in [3.05, 3.63) is 41.6 Å². The second kappa shape index (κ2) is 12.4. The molecule has 30 heavy (non-hydrogen) atoms. The van der Waals surface area contributed by atoms with Crippen molar-refractivity contribution in [1.29, 1.82) is 0 Å². The van der Waals surface area contributed by atoms with Crippen molar-refractivity contribution in [3.63, 3.8) is 0 Å². The van der Waals surface area contributed by atoms with Gasteiger partial charge in [-0.1, -0.05) is 44.2 Å². The lowest BCUT2D eigenvalue weighted by atomic mass is 10.0. The summed E-state index contributed by atoms with van der Waals surface area (Å²) >= 11 is 0. The Morgan fingerprint density at radius 1 is 1.03 bits per heavy atom. The molecule has 0 saturated carbocycles. The van der Waals surface area contributed by atoms with Gasteiger partial charge in [-0.3, -0.25) is 19.2 Å². The van der Waals surface area contributed by atoms with Crippen molar-refractivity contribution < 1.29 is 24.3 Å². The monoisotopic (exact) mass is 418 g/mol. The topological polar surface area (TPSA) is 137 Å². The SMILES string of the molecule is CNC(C)C(=O)NC(CC(C)C)C(=O)N/C(=C/c1ccccc1)C(=O)NCC(=O)O. The summed E-state index contributed by atoms with van der Waals surface area (Å²) in [5.41, 5.74) is 0.531. The Hall–Kier alpha value is -3.20. The van der Waals surface area contributed by atoms with Gasteiger partial charge >= 0.3 is 5.97 Å². The lowest BCUT2D eigenvalue weighted by Gasteiger charge is -2.22. The Bertz CT molecular complexity index is 777. The number of rotatable bonds is 11. The van der Waals surface area contributed by atoms with Crippen LogP contribution in [0, 0.1) is 5.92 Å². The number of carbonyl (C=O) groups excluding carboxylic acids is 3. The van der Waals surface area contributed by atoms with Crippen molar-refractivity contribution in [2.75, 3.05) is 13.6 Å². The van der Waals surface area contributed by atoms with Crippen LogP contribution in [0.2, 0.25) is 0 Å². The quantitative estimate of drug-likeness (QED) is 0.332. The first-order valence-corrected chi connectivity index (χ1v) is 9.69. The van der Waals surface area contributed by atoms with E-state index in [0.29, 0.717) is 12.0 Å². The van der Waals surface area contributed by atoms with Gasteiger partial charge < -0.3 is 26.4 Å². The number of carboxylic acids is 1. The molecule has 0 aliphatic rings. The third-order valence-corrected chi connectivity index (χ3v) is 4.18. The molecule has 9 heteroatoms. The molecule has 0 saturated heterocycles. The van der Waals surface area contributed by atoms with E-state index in [1.54, 1.807) is 44.3 Å². The van der Waals surface area contributed by atoms with Gasteiger partial charge in [0.2, 0.25) is 11.8 Å². The molecule has 3 amide bonds. The number of likely N-dealkylation sites (N-methyl/N-ethyl adjacent to an activating group) is 1. The molecular formula is C21H30N4O5. The molecule has 1 aromatic rings. The summed E-state index contributed by atoms with van der Waals surface area (Å²) in [6.45, 7) is 4.90. The molecule has 0 aromatic heterocycles.